The Morgan fingerprint density at radius 3 is 2.94 bits per heavy atom. The molecule has 0 N–H and O–H groups in total. The fourth-order valence-corrected chi connectivity index (χ4v) is 3.16. The van der Waals surface area contributed by atoms with Gasteiger partial charge in [-0.3, -0.25) is 4.57 Å². The van der Waals surface area contributed by atoms with Gasteiger partial charge in [0.25, 0.3) is 0 Å². The molecular weight excluding hydrogens is 202 g/mol. The van der Waals surface area contributed by atoms with Crippen molar-refractivity contribution in [1.29, 1.82) is 0 Å². The average molecular weight is 219 g/mol. The summed E-state index contributed by atoms with van der Waals surface area (Å²) >= 11 is 0. The second-order valence-corrected chi connectivity index (χ2v) is 4.85. The van der Waals surface area contributed by atoms with Crippen LogP contribution in [-0.4, -0.2) is 33.1 Å². The number of amides is 1. The number of likely N-dealkylation sites (tertiary alicyclic amines) is 1. The first kappa shape index (κ1) is 9.87. The summed E-state index contributed by atoms with van der Waals surface area (Å²) in [5, 5.41) is 0. The average Bonchev–Trinajstić information content (AvgIpc) is 2.98. The number of imidazole rings is 1. The molecule has 2 heterocycles. The largest absolute Gasteiger partial charge is 0.329 e. The molecule has 0 aromatic carbocycles. The van der Waals surface area contributed by atoms with Crippen molar-refractivity contribution in [3.63, 3.8) is 0 Å². The highest BCUT2D eigenvalue weighted by Crippen LogP contribution is 2.36. The number of carbonyl (C=O) groups is 1. The Balaban J connectivity index is 1.78. The van der Waals surface area contributed by atoms with Crippen LogP contribution in [-0.2, 0) is 0 Å². The van der Waals surface area contributed by atoms with Gasteiger partial charge >= 0.3 is 6.03 Å². The molecule has 2 unspecified atom stereocenters. The number of hydrogen-bond donors (Lipinski definition) is 0. The number of carbonyl (C=O) groups excluding carboxylic acids is 1. The van der Waals surface area contributed by atoms with Gasteiger partial charge in [-0.15, -0.1) is 0 Å². The van der Waals surface area contributed by atoms with Crippen molar-refractivity contribution in [3.05, 3.63) is 18.7 Å². The van der Waals surface area contributed by atoms with Gasteiger partial charge in [-0.25, -0.2) is 9.78 Å². The highest BCUT2D eigenvalue weighted by molar-refractivity contribution is 5.77. The van der Waals surface area contributed by atoms with E-state index in [1.165, 1.54) is 32.1 Å². The lowest BCUT2D eigenvalue weighted by molar-refractivity contribution is 0.171. The van der Waals surface area contributed by atoms with Crippen molar-refractivity contribution < 1.29 is 4.79 Å². The van der Waals surface area contributed by atoms with Crippen LogP contribution in [0.1, 0.15) is 32.1 Å². The summed E-state index contributed by atoms with van der Waals surface area (Å²) in [7, 11) is 0. The second kappa shape index (κ2) is 3.92. The first-order chi connectivity index (χ1) is 7.86. The van der Waals surface area contributed by atoms with Crippen LogP contribution in [0.5, 0.6) is 0 Å². The van der Waals surface area contributed by atoms with E-state index >= 15 is 0 Å². The molecular formula is C12H17N3O. The summed E-state index contributed by atoms with van der Waals surface area (Å²) in [6.07, 6.45) is 11.3. The van der Waals surface area contributed by atoms with Gasteiger partial charge in [-0.2, -0.15) is 0 Å². The SMILES string of the molecule is O=C(N1CCC2CCCCC21)n1ccnc1. The molecule has 1 saturated heterocycles. The van der Waals surface area contributed by atoms with Crippen LogP contribution in [0.3, 0.4) is 0 Å². The third kappa shape index (κ3) is 1.52. The van der Waals surface area contributed by atoms with E-state index in [2.05, 4.69) is 4.98 Å². The molecule has 1 aromatic heterocycles. The Morgan fingerprint density at radius 2 is 2.12 bits per heavy atom. The van der Waals surface area contributed by atoms with Gasteiger partial charge in [0.1, 0.15) is 6.33 Å². The van der Waals surface area contributed by atoms with Crippen LogP contribution in [0.15, 0.2) is 18.7 Å². The maximum Gasteiger partial charge on any atom is 0.329 e. The van der Waals surface area contributed by atoms with Crippen molar-refractivity contribution in [2.24, 2.45) is 5.92 Å². The minimum absolute atomic E-state index is 0.104. The lowest BCUT2D eigenvalue weighted by Gasteiger charge is -2.31. The molecule has 16 heavy (non-hydrogen) atoms. The Hall–Kier alpha value is -1.32. The number of fused-ring (bicyclic) bond motifs is 1. The predicted molar refractivity (Wildman–Crippen MR) is 60.1 cm³/mol. The minimum Gasteiger partial charge on any atom is -0.321 e. The van der Waals surface area contributed by atoms with Gasteiger partial charge in [-0.1, -0.05) is 12.8 Å². The fourth-order valence-electron chi connectivity index (χ4n) is 3.16. The summed E-state index contributed by atoms with van der Waals surface area (Å²) in [5.74, 6) is 0.751. The zero-order chi connectivity index (χ0) is 11.0. The van der Waals surface area contributed by atoms with E-state index in [0.29, 0.717) is 6.04 Å². The first-order valence-electron chi connectivity index (χ1n) is 6.15. The molecule has 1 amide bonds. The molecule has 0 spiro atoms. The highest BCUT2D eigenvalue weighted by atomic mass is 16.2. The molecule has 0 radical (unpaired) electrons. The highest BCUT2D eigenvalue weighted by Gasteiger charge is 2.38. The van der Waals surface area contributed by atoms with Crippen LogP contribution in [0.4, 0.5) is 4.79 Å². The Morgan fingerprint density at radius 1 is 1.25 bits per heavy atom. The molecule has 1 aliphatic carbocycles. The third-order valence-electron chi connectivity index (χ3n) is 3.98. The quantitative estimate of drug-likeness (QED) is 0.670. The molecule has 2 atom stereocenters. The van der Waals surface area contributed by atoms with E-state index in [4.69, 9.17) is 0 Å². The van der Waals surface area contributed by atoms with E-state index in [-0.39, 0.29) is 6.03 Å². The zero-order valence-electron chi connectivity index (χ0n) is 9.38. The van der Waals surface area contributed by atoms with Gasteiger partial charge in [0.2, 0.25) is 0 Å². The number of rotatable bonds is 0. The maximum atomic E-state index is 12.2. The Kier molecular flexibility index (Phi) is 2.42. The summed E-state index contributed by atoms with van der Waals surface area (Å²) in [6, 6.07) is 0.593. The number of aromatic nitrogens is 2. The van der Waals surface area contributed by atoms with E-state index in [1.54, 1.807) is 23.3 Å². The van der Waals surface area contributed by atoms with Crippen molar-refractivity contribution in [3.8, 4) is 0 Å². The van der Waals surface area contributed by atoms with E-state index in [1.807, 2.05) is 4.90 Å². The van der Waals surface area contributed by atoms with Crippen LogP contribution < -0.4 is 0 Å². The summed E-state index contributed by atoms with van der Waals surface area (Å²) in [6.45, 7) is 0.923. The lowest BCUT2D eigenvalue weighted by Crippen LogP contribution is -2.41. The standard InChI is InChI=1S/C12H17N3O/c16-12(14-8-6-13-9-14)15-7-5-10-3-1-2-4-11(10)15/h6,8-11H,1-5,7H2. The molecule has 0 bridgehead atoms. The minimum atomic E-state index is 0.104. The molecule has 2 fully saturated rings. The molecule has 4 nitrogen and oxygen atoms in total. The monoisotopic (exact) mass is 219 g/mol. The van der Waals surface area contributed by atoms with Crippen LogP contribution >= 0.6 is 0 Å². The normalized spacial score (nSPS) is 29.1. The molecule has 1 aliphatic heterocycles. The van der Waals surface area contributed by atoms with Gasteiger partial charge in [-0.05, 0) is 25.2 Å². The molecule has 4 heteroatoms. The van der Waals surface area contributed by atoms with Crippen molar-refractivity contribution in [2.75, 3.05) is 6.54 Å². The van der Waals surface area contributed by atoms with Crippen LogP contribution in [0, 0.1) is 5.92 Å². The molecule has 1 aromatic rings. The van der Waals surface area contributed by atoms with Crippen molar-refractivity contribution >= 4 is 6.03 Å². The molecule has 3 rings (SSSR count). The van der Waals surface area contributed by atoms with Crippen molar-refractivity contribution in [1.82, 2.24) is 14.5 Å². The number of nitrogens with zero attached hydrogens (tertiary/aromatic N) is 3. The van der Waals surface area contributed by atoms with E-state index in [0.717, 1.165) is 12.5 Å². The van der Waals surface area contributed by atoms with Crippen molar-refractivity contribution in [2.45, 2.75) is 38.1 Å². The first-order valence-corrected chi connectivity index (χ1v) is 6.15. The van der Waals surface area contributed by atoms with E-state index in [9.17, 15) is 4.79 Å². The number of hydrogen-bond acceptors (Lipinski definition) is 2. The smallest absolute Gasteiger partial charge is 0.321 e. The van der Waals surface area contributed by atoms with Gasteiger partial charge in [0, 0.05) is 25.0 Å². The predicted octanol–water partition coefficient (Wildman–Crippen LogP) is 2.12. The molecule has 86 valence electrons. The zero-order valence-corrected chi connectivity index (χ0v) is 9.38. The van der Waals surface area contributed by atoms with Gasteiger partial charge in [0.15, 0.2) is 0 Å². The summed E-state index contributed by atoms with van der Waals surface area (Å²) in [5.41, 5.74) is 0. The van der Waals surface area contributed by atoms with Gasteiger partial charge in [0.05, 0.1) is 0 Å². The van der Waals surface area contributed by atoms with E-state index < -0.39 is 0 Å². The Bertz CT molecular complexity index is 374. The van der Waals surface area contributed by atoms with Crippen LogP contribution in [0.2, 0.25) is 0 Å². The molecule has 2 aliphatic rings. The maximum absolute atomic E-state index is 12.2. The second-order valence-electron chi connectivity index (χ2n) is 4.85. The third-order valence-corrected chi connectivity index (χ3v) is 3.98. The topological polar surface area (TPSA) is 38.1 Å². The van der Waals surface area contributed by atoms with Crippen LogP contribution in [0.25, 0.3) is 0 Å². The lowest BCUT2D eigenvalue weighted by atomic mass is 9.85. The fraction of sp³-hybridized carbons (Fsp3) is 0.667. The molecule has 1 saturated carbocycles. The Labute approximate surface area is 95.3 Å². The van der Waals surface area contributed by atoms with Gasteiger partial charge < -0.3 is 4.90 Å². The summed E-state index contributed by atoms with van der Waals surface area (Å²) < 4.78 is 1.59. The summed E-state index contributed by atoms with van der Waals surface area (Å²) in [4.78, 5) is 18.2.